The van der Waals surface area contributed by atoms with Gasteiger partial charge in [-0.15, -0.1) is 0 Å². The molecule has 1 fully saturated rings. The van der Waals surface area contributed by atoms with Crippen LogP contribution in [0.15, 0.2) is 18.2 Å². The maximum Gasteiger partial charge on any atom is 0.339 e. The van der Waals surface area contributed by atoms with E-state index in [1.54, 1.807) is 12.1 Å². The van der Waals surface area contributed by atoms with Gasteiger partial charge in [0.2, 0.25) is 5.91 Å². The van der Waals surface area contributed by atoms with Crippen molar-refractivity contribution in [1.82, 2.24) is 5.32 Å². The van der Waals surface area contributed by atoms with E-state index < -0.39 is 5.97 Å². The molecule has 0 spiro atoms. The number of hydrogen-bond donors (Lipinski definition) is 2. The molecule has 1 heterocycles. The largest absolute Gasteiger partial charge is 0.465 e. The summed E-state index contributed by atoms with van der Waals surface area (Å²) in [6.45, 7) is 3.92. The SMILES string of the molecule is COC(=O)c1cc(C)ccc1NC(=O)CCC1CCNC1. The average molecular weight is 290 g/mol. The van der Waals surface area contributed by atoms with E-state index in [-0.39, 0.29) is 5.91 Å². The Morgan fingerprint density at radius 3 is 2.90 bits per heavy atom. The first-order valence-corrected chi connectivity index (χ1v) is 7.29. The van der Waals surface area contributed by atoms with Gasteiger partial charge in [-0.25, -0.2) is 4.79 Å². The molecule has 114 valence electrons. The van der Waals surface area contributed by atoms with Crippen molar-refractivity contribution in [3.63, 3.8) is 0 Å². The van der Waals surface area contributed by atoms with Crippen LogP contribution < -0.4 is 10.6 Å². The monoisotopic (exact) mass is 290 g/mol. The quantitative estimate of drug-likeness (QED) is 0.815. The highest BCUT2D eigenvalue weighted by molar-refractivity contribution is 6.01. The topological polar surface area (TPSA) is 67.4 Å². The Labute approximate surface area is 125 Å². The standard InChI is InChI=1S/C16H22N2O3/c1-11-3-5-14(13(9-11)16(20)21-2)18-15(19)6-4-12-7-8-17-10-12/h3,5,9,12,17H,4,6-8,10H2,1-2H3,(H,18,19). The first-order chi connectivity index (χ1) is 10.1. The van der Waals surface area contributed by atoms with E-state index in [1.165, 1.54) is 7.11 Å². The Bertz CT molecular complexity index is 522. The zero-order valence-corrected chi connectivity index (χ0v) is 12.6. The van der Waals surface area contributed by atoms with Crippen LogP contribution in [0.25, 0.3) is 0 Å². The van der Waals surface area contributed by atoms with Crippen molar-refractivity contribution in [2.45, 2.75) is 26.2 Å². The third-order valence-corrected chi connectivity index (χ3v) is 3.80. The minimum Gasteiger partial charge on any atom is -0.465 e. The summed E-state index contributed by atoms with van der Waals surface area (Å²) in [5.41, 5.74) is 1.86. The summed E-state index contributed by atoms with van der Waals surface area (Å²) in [5, 5.41) is 6.11. The van der Waals surface area contributed by atoms with Crippen molar-refractivity contribution in [3.05, 3.63) is 29.3 Å². The van der Waals surface area contributed by atoms with Crippen molar-refractivity contribution in [3.8, 4) is 0 Å². The summed E-state index contributed by atoms with van der Waals surface area (Å²) in [6, 6.07) is 5.34. The number of rotatable bonds is 5. The van der Waals surface area contributed by atoms with Gasteiger partial charge in [-0.3, -0.25) is 4.79 Å². The molecule has 1 aromatic carbocycles. The first kappa shape index (κ1) is 15.5. The molecule has 0 radical (unpaired) electrons. The van der Waals surface area contributed by atoms with Gasteiger partial charge < -0.3 is 15.4 Å². The number of ether oxygens (including phenoxy) is 1. The molecular weight excluding hydrogens is 268 g/mol. The maximum atomic E-state index is 12.0. The van der Waals surface area contributed by atoms with Crippen molar-refractivity contribution < 1.29 is 14.3 Å². The number of benzene rings is 1. The highest BCUT2D eigenvalue weighted by atomic mass is 16.5. The Kier molecular flexibility index (Phi) is 5.33. The highest BCUT2D eigenvalue weighted by Gasteiger charge is 2.17. The fourth-order valence-corrected chi connectivity index (χ4v) is 2.55. The number of aryl methyl sites for hydroxylation is 1. The van der Waals surface area contributed by atoms with Crippen molar-refractivity contribution in [1.29, 1.82) is 0 Å². The lowest BCUT2D eigenvalue weighted by Gasteiger charge is -2.12. The van der Waals surface area contributed by atoms with Gasteiger partial charge in [0, 0.05) is 6.42 Å². The summed E-state index contributed by atoms with van der Waals surface area (Å²) >= 11 is 0. The summed E-state index contributed by atoms with van der Waals surface area (Å²) in [6.07, 6.45) is 2.48. The highest BCUT2D eigenvalue weighted by Crippen LogP contribution is 2.20. The van der Waals surface area contributed by atoms with E-state index in [1.807, 2.05) is 13.0 Å². The number of amides is 1. The first-order valence-electron chi connectivity index (χ1n) is 7.29. The van der Waals surface area contributed by atoms with Gasteiger partial charge in [0.15, 0.2) is 0 Å². The van der Waals surface area contributed by atoms with Crippen LogP contribution in [-0.4, -0.2) is 32.1 Å². The molecule has 1 aromatic rings. The molecule has 2 rings (SSSR count). The van der Waals surface area contributed by atoms with Crippen LogP contribution in [0.5, 0.6) is 0 Å². The summed E-state index contributed by atoms with van der Waals surface area (Å²) in [7, 11) is 1.34. The molecule has 0 bridgehead atoms. The van der Waals surface area contributed by atoms with Crippen molar-refractivity contribution in [2.24, 2.45) is 5.92 Å². The zero-order chi connectivity index (χ0) is 15.2. The number of hydrogen-bond acceptors (Lipinski definition) is 4. The van der Waals surface area contributed by atoms with Crippen molar-refractivity contribution >= 4 is 17.6 Å². The van der Waals surface area contributed by atoms with Crippen LogP contribution in [-0.2, 0) is 9.53 Å². The van der Waals surface area contributed by atoms with Crippen LogP contribution in [0, 0.1) is 12.8 Å². The molecule has 0 aliphatic carbocycles. The third kappa shape index (κ3) is 4.29. The minimum atomic E-state index is -0.436. The molecule has 1 atom stereocenters. The average Bonchev–Trinajstić information content (AvgIpc) is 2.99. The number of anilines is 1. The number of nitrogens with one attached hydrogen (secondary N) is 2. The molecule has 1 unspecified atom stereocenters. The number of methoxy groups -OCH3 is 1. The van der Waals surface area contributed by atoms with E-state index in [0.29, 0.717) is 23.6 Å². The van der Waals surface area contributed by atoms with Gasteiger partial charge in [-0.2, -0.15) is 0 Å². The lowest BCUT2D eigenvalue weighted by molar-refractivity contribution is -0.116. The lowest BCUT2D eigenvalue weighted by atomic mass is 10.0. The van der Waals surface area contributed by atoms with E-state index in [2.05, 4.69) is 10.6 Å². The Balaban J connectivity index is 1.97. The second-order valence-electron chi connectivity index (χ2n) is 5.49. The van der Waals surface area contributed by atoms with Crippen LogP contribution in [0.3, 0.4) is 0 Å². The summed E-state index contributed by atoms with van der Waals surface area (Å²) < 4.78 is 4.76. The van der Waals surface area contributed by atoms with Crippen molar-refractivity contribution in [2.75, 3.05) is 25.5 Å². The van der Waals surface area contributed by atoms with Crippen LogP contribution in [0.1, 0.15) is 35.2 Å². The zero-order valence-electron chi connectivity index (χ0n) is 12.6. The fraction of sp³-hybridized carbons (Fsp3) is 0.500. The molecule has 1 aliphatic rings. The lowest BCUT2D eigenvalue weighted by Crippen LogP contribution is -2.17. The summed E-state index contributed by atoms with van der Waals surface area (Å²) in [5.74, 6) is 0.0822. The number of esters is 1. The van der Waals surface area contributed by atoms with Gasteiger partial charge in [0.1, 0.15) is 0 Å². The molecule has 5 nitrogen and oxygen atoms in total. The van der Waals surface area contributed by atoms with E-state index >= 15 is 0 Å². The molecule has 1 saturated heterocycles. The Morgan fingerprint density at radius 2 is 2.24 bits per heavy atom. The molecule has 1 amide bonds. The van der Waals surface area contributed by atoms with Gasteiger partial charge >= 0.3 is 5.97 Å². The smallest absolute Gasteiger partial charge is 0.339 e. The van der Waals surface area contributed by atoms with Crippen LogP contribution in [0.2, 0.25) is 0 Å². The van der Waals surface area contributed by atoms with E-state index in [4.69, 9.17) is 4.74 Å². The van der Waals surface area contributed by atoms with E-state index in [9.17, 15) is 9.59 Å². The Hall–Kier alpha value is -1.88. The molecule has 0 saturated carbocycles. The number of carbonyl (C=O) groups excluding carboxylic acids is 2. The maximum absolute atomic E-state index is 12.0. The van der Waals surface area contributed by atoms with Gasteiger partial charge in [-0.05, 0) is 50.9 Å². The second-order valence-corrected chi connectivity index (χ2v) is 5.49. The molecule has 21 heavy (non-hydrogen) atoms. The third-order valence-electron chi connectivity index (χ3n) is 3.80. The van der Waals surface area contributed by atoms with Crippen LogP contribution in [0.4, 0.5) is 5.69 Å². The van der Waals surface area contributed by atoms with Crippen LogP contribution >= 0.6 is 0 Å². The van der Waals surface area contributed by atoms with Gasteiger partial charge in [0.05, 0.1) is 18.4 Å². The van der Waals surface area contributed by atoms with E-state index in [0.717, 1.165) is 31.5 Å². The molecule has 1 aliphatic heterocycles. The van der Waals surface area contributed by atoms with Gasteiger partial charge in [0.25, 0.3) is 0 Å². The second kappa shape index (κ2) is 7.22. The predicted octanol–water partition coefficient (Wildman–Crippen LogP) is 2.11. The van der Waals surface area contributed by atoms with Gasteiger partial charge in [-0.1, -0.05) is 11.6 Å². The minimum absolute atomic E-state index is 0.0593. The fourth-order valence-electron chi connectivity index (χ4n) is 2.55. The molecular formula is C16H22N2O3. The summed E-state index contributed by atoms with van der Waals surface area (Å²) in [4.78, 5) is 23.8. The Morgan fingerprint density at radius 1 is 1.43 bits per heavy atom. The predicted molar refractivity (Wildman–Crippen MR) is 81.4 cm³/mol. The number of carbonyl (C=O) groups is 2. The normalized spacial score (nSPS) is 17.5. The molecule has 5 heteroatoms. The molecule has 0 aromatic heterocycles. The molecule has 2 N–H and O–H groups in total.